The number of nitrogens with two attached hydrogens (primary N) is 1. The van der Waals surface area contributed by atoms with Crippen molar-refractivity contribution < 1.29 is 17.9 Å². The van der Waals surface area contributed by atoms with Crippen LogP contribution in [0.5, 0.6) is 5.75 Å². The molecule has 0 bridgehead atoms. The number of hydrogen-bond donors (Lipinski definition) is 1. The average Bonchev–Trinajstić information content (AvgIpc) is 2.45. The summed E-state index contributed by atoms with van der Waals surface area (Å²) in [5.41, 5.74) is 6.74. The predicted molar refractivity (Wildman–Crippen MR) is 74.8 cm³/mol. The van der Waals surface area contributed by atoms with Crippen LogP contribution in [0.1, 0.15) is 29.7 Å². The van der Waals surface area contributed by atoms with Gasteiger partial charge in [0.05, 0.1) is 5.56 Å². The van der Waals surface area contributed by atoms with Crippen LogP contribution in [0.25, 0.3) is 0 Å². The summed E-state index contributed by atoms with van der Waals surface area (Å²) in [6.45, 7) is 2.08. The quantitative estimate of drug-likeness (QED) is 0.912. The van der Waals surface area contributed by atoms with Crippen molar-refractivity contribution in [3.8, 4) is 5.75 Å². The van der Waals surface area contributed by atoms with Gasteiger partial charge in [0, 0.05) is 6.04 Å². The summed E-state index contributed by atoms with van der Waals surface area (Å²) in [7, 11) is 0. The van der Waals surface area contributed by atoms with E-state index in [-0.39, 0.29) is 12.6 Å². The van der Waals surface area contributed by atoms with E-state index in [9.17, 15) is 13.2 Å². The highest BCUT2D eigenvalue weighted by Gasteiger charge is 2.29. The first-order valence-corrected chi connectivity index (χ1v) is 6.51. The van der Waals surface area contributed by atoms with E-state index in [0.29, 0.717) is 11.3 Å². The molecule has 21 heavy (non-hydrogen) atoms. The van der Waals surface area contributed by atoms with Crippen LogP contribution in [0.15, 0.2) is 48.5 Å². The van der Waals surface area contributed by atoms with Gasteiger partial charge in [-0.2, -0.15) is 13.2 Å². The van der Waals surface area contributed by atoms with Crippen molar-refractivity contribution in [2.24, 2.45) is 5.73 Å². The van der Waals surface area contributed by atoms with Crippen LogP contribution in [0, 0.1) is 0 Å². The number of benzene rings is 2. The number of halogens is 3. The molecule has 0 saturated carbocycles. The van der Waals surface area contributed by atoms with Crippen molar-refractivity contribution in [2.45, 2.75) is 25.7 Å². The zero-order valence-corrected chi connectivity index (χ0v) is 11.5. The zero-order chi connectivity index (χ0) is 15.5. The summed E-state index contributed by atoms with van der Waals surface area (Å²) in [4.78, 5) is 0. The van der Waals surface area contributed by atoms with E-state index >= 15 is 0 Å². The molecular formula is C16H16F3NO. The van der Waals surface area contributed by atoms with Gasteiger partial charge in [0.1, 0.15) is 12.4 Å². The number of alkyl halides is 3. The summed E-state index contributed by atoms with van der Waals surface area (Å²) in [6, 6.07) is 12.2. The Morgan fingerprint density at radius 1 is 1.10 bits per heavy atom. The Hall–Kier alpha value is -2.01. The van der Waals surface area contributed by atoms with Gasteiger partial charge >= 0.3 is 6.18 Å². The monoisotopic (exact) mass is 295 g/mol. The molecule has 0 aliphatic carbocycles. The van der Waals surface area contributed by atoms with E-state index in [1.807, 2.05) is 25.1 Å². The molecule has 112 valence electrons. The van der Waals surface area contributed by atoms with Crippen LogP contribution in [-0.2, 0) is 12.8 Å². The highest BCUT2D eigenvalue weighted by molar-refractivity contribution is 5.31. The van der Waals surface area contributed by atoms with Gasteiger partial charge in [-0.15, -0.1) is 0 Å². The summed E-state index contributed by atoms with van der Waals surface area (Å²) in [5.74, 6) is 0.643. The first kappa shape index (κ1) is 15.4. The second-order valence-electron chi connectivity index (χ2n) is 4.84. The molecule has 0 spiro atoms. The lowest BCUT2D eigenvalue weighted by Crippen LogP contribution is -2.06. The Kier molecular flexibility index (Phi) is 4.53. The van der Waals surface area contributed by atoms with Crippen molar-refractivity contribution in [1.82, 2.24) is 0 Å². The third kappa shape index (κ3) is 4.23. The highest BCUT2D eigenvalue weighted by atomic mass is 19.4. The van der Waals surface area contributed by atoms with E-state index in [1.54, 1.807) is 6.07 Å². The van der Waals surface area contributed by atoms with Crippen molar-refractivity contribution in [2.75, 3.05) is 0 Å². The lowest BCUT2D eigenvalue weighted by Gasteiger charge is -2.11. The van der Waals surface area contributed by atoms with E-state index in [4.69, 9.17) is 10.5 Å². The van der Waals surface area contributed by atoms with Gasteiger partial charge in [-0.05, 0) is 42.3 Å². The van der Waals surface area contributed by atoms with Crippen molar-refractivity contribution >= 4 is 0 Å². The molecule has 0 radical (unpaired) electrons. The van der Waals surface area contributed by atoms with E-state index < -0.39 is 11.7 Å². The Bertz CT molecular complexity index is 591. The third-order valence-electron chi connectivity index (χ3n) is 3.07. The summed E-state index contributed by atoms with van der Waals surface area (Å²) in [6.07, 6.45) is -4.31. The standard InChI is InChI=1S/C16H16F3NO/c1-11(20)13-3-2-4-15(9-13)21-10-12-5-7-14(8-6-12)16(17,18)19/h2-9,11H,10,20H2,1H3/t11-/m0/s1. The molecule has 0 aliphatic rings. The first-order chi connectivity index (χ1) is 9.86. The Morgan fingerprint density at radius 3 is 2.33 bits per heavy atom. The number of hydrogen-bond acceptors (Lipinski definition) is 2. The van der Waals surface area contributed by atoms with E-state index in [0.717, 1.165) is 17.7 Å². The van der Waals surface area contributed by atoms with E-state index in [2.05, 4.69) is 0 Å². The fourth-order valence-electron chi connectivity index (χ4n) is 1.84. The molecule has 0 aliphatic heterocycles. The molecule has 2 aromatic carbocycles. The number of rotatable bonds is 4. The first-order valence-electron chi connectivity index (χ1n) is 6.51. The van der Waals surface area contributed by atoms with Crippen molar-refractivity contribution in [1.29, 1.82) is 0 Å². The minimum absolute atomic E-state index is 0.0976. The van der Waals surface area contributed by atoms with Crippen LogP contribution in [0.3, 0.4) is 0 Å². The smallest absolute Gasteiger partial charge is 0.416 e. The Labute approximate surface area is 121 Å². The Balaban J connectivity index is 2.01. The normalized spacial score (nSPS) is 13.0. The second-order valence-corrected chi connectivity index (χ2v) is 4.84. The predicted octanol–water partition coefficient (Wildman–Crippen LogP) is 4.30. The average molecular weight is 295 g/mol. The molecule has 0 unspecified atom stereocenters. The molecular weight excluding hydrogens is 279 g/mol. The van der Waals surface area contributed by atoms with Gasteiger partial charge in [0.15, 0.2) is 0 Å². The fraction of sp³-hybridized carbons (Fsp3) is 0.250. The summed E-state index contributed by atoms with van der Waals surface area (Å²) >= 11 is 0. The van der Waals surface area contributed by atoms with Gasteiger partial charge in [-0.1, -0.05) is 24.3 Å². The Morgan fingerprint density at radius 2 is 1.76 bits per heavy atom. The van der Waals surface area contributed by atoms with Gasteiger partial charge in [-0.25, -0.2) is 0 Å². The molecule has 2 rings (SSSR count). The molecule has 1 atom stereocenters. The fourth-order valence-corrected chi connectivity index (χ4v) is 1.84. The molecule has 2 nitrogen and oxygen atoms in total. The molecule has 0 aromatic heterocycles. The third-order valence-corrected chi connectivity index (χ3v) is 3.07. The molecule has 0 fully saturated rings. The van der Waals surface area contributed by atoms with Crippen LogP contribution in [0.2, 0.25) is 0 Å². The maximum absolute atomic E-state index is 12.4. The lowest BCUT2D eigenvalue weighted by atomic mass is 10.1. The SMILES string of the molecule is C[C@H](N)c1cccc(OCc2ccc(C(F)(F)F)cc2)c1. The topological polar surface area (TPSA) is 35.2 Å². The zero-order valence-electron chi connectivity index (χ0n) is 11.5. The molecule has 5 heteroatoms. The minimum atomic E-state index is -4.31. The van der Waals surface area contributed by atoms with Gasteiger partial charge < -0.3 is 10.5 Å². The van der Waals surface area contributed by atoms with Gasteiger partial charge in [-0.3, -0.25) is 0 Å². The lowest BCUT2D eigenvalue weighted by molar-refractivity contribution is -0.137. The minimum Gasteiger partial charge on any atom is -0.489 e. The molecule has 0 heterocycles. The summed E-state index contributed by atoms with van der Waals surface area (Å²) in [5, 5.41) is 0. The molecule has 2 aromatic rings. The van der Waals surface area contributed by atoms with Gasteiger partial charge in [0.2, 0.25) is 0 Å². The van der Waals surface area contributed by atoms with Crippen LogP contribution < -0.4 is 10.5 Å². The second kappa shape index (κ2) is 6.18. The van der Waals surface area contributed by atoms with Crippen LogP contribution in [0.4, 0.5) is 13.2 Å². The van der Waals surface area contributed by atoms with Crippen molar-refractivity contribution in [3.05, 3.63) is 65.2 Å². The summed E-state index contributed by atoms with van der Waals surface area (Å²) < 4.78 is 42.9. The maximum atomic E-state index is 12.4. The van der Waals surface area contributed by atoms with Crippen LogP contribution in [-0.4, -0.2) is 0 Å². The van der Waals surface area contributed by atoms with E-state index in [1.165, 1.54) is 12.1 Å². The van der Waals surface area contributed by atoms with Crippen molar-refractivity contribution in [3.63, 3.8) is 0 Å². The largest absolute Gasteiger partial charge is 0.489 e. The van der Waals surface area contributed by atoms with Crippen LogP contribution >= 0.6 is 0 Å². The highest BCUT2D eigenvalue weighted by Crippen LogP contribution is 2.29. The molecule has 0 saturated heterocycles. The molecule has 2 N–H and O–H groups in total. The van der Waals surface area contributed by atoms with Gasteiger partial charge in [0.25, 0.3) is 0 Å². The maximum Gasteiger partial charge on any atom is 0.416 e. The number of ether oxygens (including phenoxy) is 1. The molecule has 0 amide bonds.